The molecule has 0 saturated heterocycles. The number of benzene rings is 1. The quantitative estimate of drug-likeness (QED) is 0.417. The summed E-state index contributed by atoms with van der Waals surface area (Å²) in [6, 6.07) is 3.35. The van der Waals surface area contributed by atoms with E-state index in [4.69, 9.17) is 14.2 Å². The number of unbranched alkanes of at least 4 members (excludes halogenated alkanes) is 9. The Bertz CT molecular complexity index is 520. The van der Waals surface area contributed by atoms with Crippen LogP contribution >= 0.6 is 0 Å². The molecule has 1 amide bonds. The summed E-state index contributed by atoms with van der Waals surface area (Å²) in [7, 11) is 4.64. The number of nitrogens with one attached hydrogen (secondary N) is 1. The normalized spacial score (nSPS) is 10.5. The molecule has 1 aromatic rings. The molecule has 1 rings (SSSR count). The highest BCUT2D eigenvalue weighted by atomic mass is 16.5. The van der Waals surface area contributed by atoms with Gasteiger partial charge in [-0.15, -0.1) is 0 Å². The van der Waals surface area contributed by atoms with E-state index in [-0.39, 0.29) is 5.91 Å². The molecular formula is C22H37NO4. The van der Waals surface area contributed by atoms with E-state index in [2.05, 4.69) is 12.2 Å². The Balaban J connectivity index is 2.27. The molecule has 0 aliphatic rings. The molecule has 154 valence electrons. The lowest BCUT2D eigenvalue weighted by molar-refractivity contribution is 0.0952. The third kappa shape index (κ3) is 8.55. The number of methoxy groups -OCH3 is 3. The van der Waals surface area contributed by atoms with Gasteiger partial charge in [0.15, 0.2) is 11.5 Å². The number of rotatable bonds is 15. The summed E-state index contributed by atoms with van der Waals surface area (Å²) in [6.45, 7) is 2.94. The Kier molecular flexibility index (Phi) is 12.2. The highest BCUT2D eigenvalue weighted by Gasteiger charge is 2.16. The number of ether oxygens (including phenoxy) is 3. The molecule has 0 radical (unpaired) electrons. The number of hydrogen-bond acceptors (Lipinski definition) is 4. The molecule has 0 aliphatic carbocycles. The van der Waals surface area contributed by atoms with Crippen LogP contribution in [0.15, 0.2) is 12.1 Å². The minimum Gasteiger partial charge on any atom is -0.493 e. The largest absolute Gasteiger partial charge is 0.493 e. The van der Waals surface area contributed by atoms with Crippen LogP contribution in [0, 0.1) is 0 Å². The number of carbonyl (C=O) groups is 1. The SMILES string of the molecule is CCCCCCCCCCCCNC(=O)c1cc(OC)c(OC)c(OC)c1. The second-order valence-corrected chi connectivity index (χ2v) is 6.85. The third-order valence-electron chi connectivity index (χ3n) is 4.74. The molecule has 5 heteroatoms. The second-order valence-electron chi connectivity index (χ2n) is 6.85. The van der Waals surface area contributed by atoms with E-state index < -0.39 is 0 Å². The monoisotopic (exact) mass is 379 g/mol. The van der Waals surface area contributed by atoms with Crippen LogP contribution in [0.25, 0.3) is 0 Å². The van der Waals surface area contributed by atoms with Gasteiger partial charge in [0.2, 0.25) is 5.75 Å². The molecule has 1 aromatic carbocycles. The predicted molar refractivity (Wildman–Crippen MR) is 110 cm³/mol. The van der Waals surface area contributed by atoms with Gasteiger partial charge < -0.3 is 19.5 Å². The van der Waals surface area contributed by atoms with Crippen molar-refractivity contribution in [1.29, 1.82) is 0 Å². The fraction of sp³-hybridized carbons (Fsp3) is 0.682. The van der Waals surface area contributed by atoms with Gasteiger partial charge in [0.1, 0.15) is 0 Å². The van der Waals surface area contributed by atoms with E-state index in [0.717, 1.165) is 12.8 Å². The Labute approximate surface area is 164 Å². The minimum absolute atomic E-state index is 0.120. The van der Waals surface area contributed by atoms with Gasteiger partial charge in [-0.2, -0.15) is 0 Å². The van der Waals surface area contributed by atoms with E-state index in [1.165, 1.54) is 51.4 Å². The smallest absolute Gasteiger partial charge is 0.251 e. The molecule has 0 heterocycles. The average molecular weight is 380 g/mol. The topological polar surface area (TPSA) is 56.8 Å². The maximum atomic E-state index is 12.4. The molecule has 0 aromatic heterocycles. The van der Waals surface area contributed by atoms with Crippen LogP contribution in [0.1, 0.15) is 81.5 Å². The van der Waals surface area contributed by atoms with Crippen molar-refractivity contribution >= 4 is 5.91 Å². The van der Waals surface area contributed by atoms with Crippen molar-refractivity contribution in [2.75, 3.05) is 27.9 Å². The predicted octanol–water partition coefficient (Wildman–Crippen LogP) is 5.36. The Morgan fingerprint density at radius 1 is 0.778 bits per heavy atom. The number of carbonyl (C=O) groups excluding carboxylic acids is 1. The Morgan fingerprint density at radius 3 is 1.70 bits per heavy atom. The highest BCUT2D eigenvalue weighted by Crippen LogP contribution is 2.38. The highest BCUT2D eigenvalue weighted by molar-refractivity contribution is 5.95. The molecule has 0 bridgehead atoms. The maximum absolute atomic E-state index is 12.4. The summed E-state index contributed by atoms with van der Waals surface area (Å²) in [5.74, 6) is 1.35. The van der Waals surface area contributed by atoms with E-state index in [0.29, 0.717) is 29.4 Å². The fourth-order valence-corrected chi connectivity index (χ4v) is 3.13. The first-order valence-corrected chi connectivity index (χ1v) is 10.3. The summed E-state index contributed by atoms with van der Waals surface area (Å²) in [5, 5.41) is 2.97. The minimum atomic E-state index is -0.120. The van der Waals surface area contributed by atoms with Crippen molar-refractivity contribution in [3.8, 4) is 17.2 Å². The van der Waals surface area contributed by atoms with Gasteiger partial charge in [-0.25, -0.2) is 0 Å². The van der Waals surface area contributed by atoms with Crippen molar-refractivity contribution in [1.82, 2.24) is 5.32 Å². The van der Waals surface area contributed by atoms with Gasteiger partial charge in [-0.1, -0.05) is 64.7 Å². The molecule has 0 saturated carbocycles. The zero-order chi connectivity index (χ0) is 19.9. The van der Waals surface area contributed by atoms with Crippen LogP contribution in [-0.2, 0) is 0 Å². The van der Waals surface area contributed by atoms with E-state index >= 15 is 0 Å². The van der Waals surface area contributed by atoms with Crippen LogP contribution < -0.4 is 19.5 Å². The Hall–Kier alpha value is -1.91. The van der Waals surface area contributed by atoms with Gasteiger partial charge in [0, 0.05) is 12.1 Å². The van der Waals surface area contributed by atoms with Gasteiger partial charge in [0.05, 0.1) is 21.3 Å². The molecule has 1 N–H and O–H groups in total. The third-order valence-corrected chi connectivity index (χ3v) is 4.74. The zero-order valence-corrected chi connectivity index (χ0v) is 17.6. The summed E-state index contributed by atoms with van der Waals surface area (Å²) in [5.41, 5.74) is 0.511. The van der Waals surface area contributed by atoms with E-state index in [1.807, 2.05) is 0 Å². The van der Waals surface area contributed by atoms with E-state index in [9.17, 15) is 4.79 Å². The molecule has 0 unspecified atom stereocenters. The van der Waals surface area contributed by atoms with Gasteiger partial charge >= 0.3 is 0 Å². The van der Waals surface area contributed by atoms with Crippen molar-refractivity contribution < 1.29 is 19.0 Å². The molecular weight excluding hydrogens is 342 g/mol. The van der Waals surface area contributed by atoms with Crippen LogP contribution in [0.3, 0.4) is 0 Å². The zero-order valence-electron chi connectivity index (χ0n) is 17.6. The first-order chi connectivity index (χ1) is 13.2. The van der Waals surface area contributed by atoms with Crippen LogP contribution in [0.4, 0.5) is 0 Å². The number of hydrogen-bond donors (Lipinski definition) is 1. The molecule has 0 aliphatic heterocycles. The molecule has 5 nitrogen and oxygen atoms in total. The summed E-state index contributed by atoms with van der Waals surface area (Å²) >= 11 is 0. The number of amides is 1. The van der Waals surface area contributed by atoms with Crippen molar-refractivity contribution in [3.63, 3.8) is 0 Å². The first kappa shape index (κ1) is 23.1. The van der Waals surface area contributed by atoms with Gasteiger partial charge in [-0.05, 0) is 18.6 Å². The maximum Gasteiger partial charge on any atom is 0.251 e. The van der Waals surface area contributed by atoms with E-state index in [1.54, 1.807) is 33.5 Å². The first-order valence-electron chi connectivity index (χ1n) is 10.3. The van der Waals surface area contributed by atoms with Gasteiger partial charge in [-0.3, -0.25) is 4.79 Å². The lowest BCUT2D eigenvalue weighted by Crippen LogP contribution is -2.24. The molecule has 27 heavy (non-hydrogen) atoms. The lowest BCUT2D eigenvalue weighted by atomic mass is 10.1. The van der Waals surface area contributed by atoms with Crippen LogP contribution in [0.5, 0.6) is 17.2 Å². The fourth-order valence-electron chi connectivity index (χ4n) is 3.13. The van der Waals surface area contributed by atoms with Crippen LogP contribution in [-0.4, -0.2) is 33.8 Å². The summed E-state index contributed by atoms with van der Waals surface area (Å²) in [4.78, 5) is 12.4. The summed E-state index contributed by atoms with van der Waals surface area (Å²) in [6.07, 6.45) is 12.8. The van der Waals surface area contributed by atoms with Crippen molar-refractivity contribution in [2.24, 2.45) is 0 Å². The van der Waals surface area contributed by atoms with Gasteiger partial charge in [0.25, 0.3) is 5.91 Å². The molecule has 0 spiro atoms. The second kappa shape index (κ2) is 14.2. The lowest BCUT2D eigenvalue weighted by Gasteiger charge is -2.14. The average Bonchev–Trinajstić information content (AvgIpc) is 2.70. The summed E-state index contributed by atoms with van der Waals surface area (Å²) < 4.78 is 15.9. The molecule has 0 atom stereocenters. The Morgan fingerprint density at radius 2 is 1.26 bits per heavy atom. The van der Waals surface area contributed by atoms with Crippen molar-refractivity contribution in [3.05, 3.63) is 17.7 Å². The van der Waals surface area contributed by atoms with Crippen LogP contribution in [0.2, 0.25) is 0 Å². The standard InChI is InChI=1S/C22H37NO4/c1-5-6-7-8-9-10-11-12-13-14-15-23-22(24)18-16-19(25-2)21(27-4)20(17-18)26-3/h16-17H,5-15H2,1-4H3,(H,23,24). The molecule has 0 fully saturated rings. The van der Waals surface area contributed by atoms with Crippen molar-refractivity contribution in [2.45, 2.75) is 71.1 Å².